The standard InChI is InChI=1S/C13H13N3O5/c14-5-9-1-3-10(4-2-9)6-15-13(21)16(7-11(17)18)8-12(19)20/h1-4H,6-8H2,(H,15,21)(H,17,18)(H,19,20). The molecule has 0 radical (unpaired) electrons. The lowest BCUT2D eigenvalue weighted by molar-refractivity contribution is -0.140. The molecule has 110 valence electrons. The third-order valence-corrected chi connectivity index (χ3v) is 2.47. The van der Waals surface area contributed by atoms with E-state index < -0.39 is 31.1 Å². The van der Waals surface area contributed by atoms with Crippen LogP contribution in [-0.4, -0.2) is 46.2 Å². The first-order chi connectivity index (χ1) is 9.92. The number of amides is 2. The number of carbonyl (C=O) groups is 3. The molecule has 0 heterocycles. The fourth-order valence-electron chi connectivity index (χ4n) is 1.51. The van der Waals surface area contributed by atoms with Crippen molar-refractivity contribution in [3.8, 4) is 6.07 Å². The molecule has 0 bridgehead atoms. The number of carboxylic acids is 2. The summed E-state index contributed by atoms with van der Waals surface area (Å²) in [6, 6.07) is 7.59. The molecular formula is C13H13N3O5. The van der Waals surface area contributed by atoms with Gasteiger partial charge in [0.05, 0.1) is 11.6 Å². The average Bonchev–Trinajstić information content (AvgIpc) is 2.43. The van der Waals surface area contributed by atoms with E-state index in [9.17, 15) is 14.4 Å². The summed E-state index contributed by atoms with van der Waals surface area (Å²) in [5.41, 5.74) is 1.18. The minimum atomic E-state index is -1.30. The second kappa shape index (κ2) is 7.49. The number of carboxylic acid groups (broad SMARTS) is 2. The van der Waals surface area contributed by atoms with Gasteiger partial charge in [-0.1, -0.05) is 12.1 Å². The van der Waals surface area contributed by atoms with E-state index in [-0.39, 0.29) is 6.54 Å². The van der Waals surface area contributed by atoms with Crippen LogP contribution in [0.3, 0.4) is 0 Å². The highest BCUT2D eigenvalue weighted by Gasteiger charge is 2.19. The smallest absolute Gasteiger partial charge is 0.323 e. The molecule has 0 saturated carbocycles. The molecule has 2 amide bonds. The number of urea groups is 1. The van der Waals surface area contributed by atoms with E-state index in [1.54, 1.807) is 24.3 Å². The molecule has 0 unspecified atom stereocenters. The van der Waals surface area contributed by atoms with Crippen LogP contribution in [-0.2, 0) is 16.1 Å². The number of aliphatic carboxylic acids is 2. The topological polar surface area (TPSA) is 131 Å². The van der Waals surface area contributed by atoms with Crippen LogP contribution in [0.25, 0.3) is 0 Å². The lowest BCUT2D eigenvalue weighted by Gasteiger charge is -2.19. The Bertz CT molecular complexity index is 560. The first kappa shape index (κ1) is 16.0. The Morgan fingerprint density at radius 2 is 1.62 bits per heavy atom. The third kappa shape index (κ3) is 5.61. The van der Waals surface area contributed by atoms with Crippen molar-refractivity contribution in [3.63, 3.8) is 0 Å². The van der Waals surface area contributed by atoms with Gasteiger partial charge in [0.25, 0.3) is 0 Å². The van der Waals surface area contributed by atoms with E-state index in [2.05, 4.69) is 5.32 Å². The van der Waals surface area contributed by atoms with Gasteiger partial charge in [-0.05, 0) is 17.7 Å². The third-order valence-electron chi connectivity index (χ3n) is 2.47. The van der Waals surface area contributed by atoms with E-state index in [1.807, 2.05) is 6.07 Å². The van der Waals surface area contributed by atoms with Crippen molar-refractivity contribution < 1.29 is 24.6 Å². The Labute approximate surface area is 120 Å². The maximum absolute atomic E-state index is 11.7. The van der Waals surface area contributed by atoms with Crippen molar-refractivity contribution in [2.24, 2.45) is 0 Å². The number of nitrogens with zero attached hydrogens (tertiary/aromatic N) is 2. The molecule has 0 saturated heterocycles. The van der Waals surface area contributed by atoms with Crippen molar-refractivity contribution in [2.75, 3.05) is 13.1 Å². The SMILES string of the molecule is N#Cc1ccc(CNC(=O)N(CC(=O)O)CC(=O)O)cc1. The number of hydrogen-bond acceptors (Lipinski definition) is 4. The molecular weight excluding hydrogens is 278 g/mol. The molecule has 21 heavy (non-hydrogen) atoms. The predicted octanol–water partition coefficient (Wildman–Crippen LogP) is 0.239. The highest BCUT2D eigenvalue weighted by atomic mass is 16.4. The zero-order valence-corrected chi connectivity index (χ0v) is 10.9. The van der Waals surface area contributed by atoms with Crippen LogP contribution in [0.15, 0.2) is 24.3 Å². The molecule has 8 heteroatoms. The van der Waals surface area contributed by atoms with E-state index in [0.29, 0.717) is 16.0 Å². The van der Waals surface area contributed by atoms with Gasteiger partial charge in [-0.3, -0.25) is 9.59 Å². The van der Waals surface area contributed by atoms with E-state index in [0.717, 1.165) is 0 Å². The summed E-state index contributed by atoms with van der Waals surface area (Å²) >= 11 is 0. The lowest BCUT2D eigenvalue weighted by Crippen LogP contribution is -2.45. The molecule has 0 atom stereocenters. The summed E-state index contributed by atoms with van der Waals surface area (Å²) in [7, 11) is 0. The van der Waals surface area contributed by atoms with Gasteiger partial charge in [0.15, 0.2) is 0 Å². The Kier molecular flexibility index (Phi) is 5.70. The first-order valence-electron chi connectivity index (χ1n) is 5.87. The van der Waals surface area contributed by atoms with E-state index >= 15 is 0 Å². The second-order valence-electron chi connectivity index (χ2n) is 4.11. The van der Waals surface area contributed by atoms with Gasteiger partial charge in [0, 0.05) is 6.54 Å². The van der Waals surface area contributed by atoms with Gasteiger partial charge in [-0.25, -0.2) is 4.79 Å². The number of nitrogens with one attached hydrogen (secondary N) is 1. The van der Waals surface area contributed by atoms with Crippen LogP contribution in [0.2, 0.25) is 0 Å². The van der Waals surface area contributed by atoms with Crippen LogP contribution < -0.4 is 5.32 Å². The highest BCUT2D eigenvalue weighted by Crippen LogP contribution is 2.03. The normalized spacial score (nSPS) is 9.48. The summed E-state index contributed by atoms with van der Waals surface area (Å²) in [5.74, 6) is -2.60. The molecule has 0 fully saturated rings. The van der Waals surface area contributed by atoms with E-state index in [1.165, 1.54) is 0 Å². The summed E-state index contributed by atoms with van der Waals surface area (Å²) in [5, 5.41) is 28.4. The number of rotatable bonds is 6. The van der Waals surface area contributed by atoms with Gasteiger partial charge < -0.3 is 20.4 Å². The van der Waals surface area contributed by atoms with Gasteiger partial charge in [-0.2, -0.15) is 5.26 Å². The Morgan fingerprint density at radius 1 is 1.10 bits per heavy atom. The molecule has 0 aromatic heterocycles. The Hall–Kier alpha value is -3.08. The van der Waals surface area contributed by atoms with Crippen LogP contribution in [0.4, 0.5) is 4.79 Å². The molecule has 1 aromatic rings. The predicted molar refractivity (Wildman–Crippen MR) is 70.2 cm³/mol. The van der Waals surface area contributed by atoms with Gasteiger partial charge in [0.2, 0.25) is 0 Å². The lowest BCUT2D eigenvalue weighted by atomic mass is 10.1. The van der Waals surface area contributed by atoms with Crippen LogP contribution in [0, 0.1) is 11.3 Å². The summed E-state index contributed by atoms with van der Waals surface area (Å²) in [6.45, 7) is -1.31. The molecule has 0 aliphatic carbocycles. The van der Waals surface area contributed by atoms with Crippen molar-refractivity contribution in [1.29, 1.82) is 5.26 Å². The largest absolute Gasteiger partial charge is 0.480 e. The maximum Gasteiger partial charge on any atom is 0.323 e. The molecule has 0 aliphatic rings. The number of hydrogen-bond donors (Lipinski definition) is 3. The van der Waals surface area contributed by atoms with Crippen LogP contribution in [0.1, 0.15) is 11.1 Å². The van der Waals surface area contributed by atoms with Gasteiger partial charge in [-0.15, -0.1) is 0 Å². The molecule has 1 rings (SSSR count). The van der Waals surface area contributed by atoms with Crippen molar-refractivity contribution in [3.05, 3.63) is 35.4 Å². The van der Waals surface area contributed by atoms with Gasteiger partial charge in [0.1, 0.15) is 13.1 Å². The zero-order valence-electron chi connectivity index (χ0n) is 10.9. The molecule has 0 aliphatic heterocycles. The quantitative estimate of drug-likeness (QED) is 0.688. The maximum atomic E-state index is 11.7. The number of carbonyl (C=O) groups excluding carboxylic acids is 1. The first-order valence-corrected chi connectivity index (χ1v) is 5.87. The number of benzene rings is 1. The highest BCUT2D eigenvalue weighted by molar-refractivity contribution is 5.84. The Balaban J connectivity index is 2.61. The monoisotopic (exact) mass is 291 g/mol. The fraction of sp³-hybridized carbons (Fsp3) is 0.231. The zero-order chi connectivity index (χ0) is 15.8. The second-order valence-corrected chi connectivity index (χ2v) is 4.11. The molecule has 8 nitrogen and oxygen atoms in total. The van der Waals surface area contributed by atoms with Crippen LogP contribution >= 0.6 is 0 Å². The average molecular weight is 291 g/mol. The summed E-state index contributed by atoms with van der Waals surface area (Å²) < 4.78 is 0. The molecule has 3 N–H and O–H groups in total. The minimum Gasteiger partial charge on any atom is -0.480 e. The minimum absolute atomic E-state index is 0.0975. The van der Waals surface area contributed by atoms with Gasteiger partial charge >= 0.3 is 18.0 Å². The molecule has 1 aromatic carbocycles. The van der Waals surface area contributed by atoms with Crippen molar-refractivity contribution >= 4 is 18.0 Å². The molecule has 0 spiro atoms. The summed E-state index contributed by atoms with van der Waals surface area (Å²) in [4.78, 5) is 33.6. The van der Waals surface area contributed by atoms with Crippen molar-refractivity contribution in [1.82, 2.24) is 10.2 Å². The van der Waals surface area contributed by atoms with Crippen LogP contribution in [0.5, 0.6) is 0 Å². The van der Waals surface area contributed by atoms with Crippen molar-refractivity contribution in [2.45, 2.75) is 6.54 Å². The summed E-state index contributed by atoms with van der Waals surface area (Å²) in [6.07, 6.45) is 0. The van der Waals surface area contributed by atoms with E-state index in [4.69, 9.17) is 15.5 Å². The Morgan fingerprint density at radius 3 is 2.05 bits per heavy atom. The fourth-order valence-corrected chi connectivity index (χ4v) is 1.51. The number of nitriles is 1.